The van der Waals surface area contributed by atoms with Gasteiger partial charge in [0.05, 0.1) is 0 Å². The van der Waals surface area contributed by atoms with E-state index in [1.54, 1.807) is 23.5 Å². The Balaban J connectivity index is 1.75. The van der Waals surface area contributed by atoms with Crippen molar-refractivity contribution < 1.29 is 22.8 Å². The van der Waals surface area contributed by atoms with Crippen molar-refractivity contribution in [3.8, 4) is 0 Å². The van der Waals surface area contributed by atoms with Crippen LogP contribution in [0.2, 0.25) is 0 Å². The lowest BCUT2D eigenvalue weighted by atomic mass is 10.2. The van der Waals surface area contributed by atoms with Crippen LogP contribution >= 0.6 is 15.9 Å². The summed E-state index contributed by atoms with van der Waals surface area (Å²) in [6, 6.07) is 6.81. The van der Waals surface area contributed by atoms with E-state index < -0.39 is 29.1 Å². The Labute approximate surface area is 142 Å². The van der Waals surface area contributed by atoms with E-state index in [9.17, 15) is 18.4 Å². The number of nitrogens with one attached hydrogen (secondary N) is 2. The van der Waals surface area contributed by atoms with E-state index in [4.69, 9.17) is 4.42 Å². The molecule has 24 heavy (non-hydrogen) atoms. The molecule has 3 rings (SSSR count). The summed E-state index contributed by atoms with van der Waals surface area (Å²) < 4.78 is 32.9. The molecular formula is C15H8BrF2N3O3. The first-order valence-corrected chi connectivity index (χ1v) is 7.36. The standard InChI is InChI=1S/C15H8BrF2N3O3/c16-7-3-1-6-10-12(7)19-15(24-10)21-14(23)20-13(22)11-8(17)4-2-5-9(11)18/h1-6H,(H2,19,20,21,22,23). The maximum Gasteiger partial charge on any atom is 0.329 e. The van der Waals surface area contributed by atoms with Gasteiger partial charge in [0.2, 0.25) is 0 Å². The number of halogens is 3. The van der Waals surface area contributed by atoms with Crippen molar-refractivity contribution in [2.45, 2.75) is 0 Å². The van der Waals surface area contributed by atoms with Gasteiger partial charge in [0.15, 0.2) is 5.58 Å². The van der Waals surface area contributed by atoms with Crippen LogP contribution in [0, 0.1) is 11.6 Å². The van der Waals surface area contributed by atoms with Crippen LogP contribution in [0.1, 0.15) is 10.4 Å². The molecule has 2 aromatic carbocycles. The number of fused-ring (bicyclic) bond motifs is 1. The molecule has 6 nitrogen and oxygen atoms in total. The molecule has 9 heteroatoms. The second-order valence-corrected chi connectivity index (χ2v) is 5.46. The minimum atomic E-state index is -1.22. The molecule has 122 valence electrons. The van der Waals surface area contributed by atoms with E-state index >= 15 is 0 Å². The molecular weight excluding hydrogens is 388 g/mol. The number of carbonyl (C=O) groups excluding carboxylic acids is 2. The third-order valence-electron chi connectivity index (χ3n) is 3.01. The van der Waals surface area contributed by atoms with Gasteiger partial charge in [0.1, 0.15) is 22.7 Å². The molecule has 1 aromatic heterocycles. The summed E-state index contributed by atoms with van der Waals surface area (Å²) >= 11 is 3.27. The van der Waals surface area contributed by atoms with E-state index in [1.165, 1.54) is 0 Å². The van der Waals surface area contributed by atoms with E-state index in [0.29, 0.717) is 15.6 Å². The van der Waals surface area contributed by atoms with Crippen LogP contribution < -0.4 is 10.6 Å². The first-order chi connectivity index (χ1) is 11.5. The van der Waals surface area contributed by atoms with Gasteiger partial charge in [-0.2, -0.15) is 4.98 Å². The summed E-state index contributed by atoms with van der Waals surface area (Å²) in [5.41, 5.74) is 0.0263. The monoisotopic (exact) mass is 395 g/mol. The highest BCUT2D eigenvalue weighted by molar-refractivity contribution is 9.10. The first kappa shape index (κ1) is 16.1. The summed E-state index contributed by atoms with van der Waals surface area (Å²) in [7, 11) is 0. The molecule has 1 heterocycles. The van der Waals surface area contributed by atoms with Crippen LogP contribution in [-0.4, -0.2) is 16.9 Å². The lowest BCUT2D eigenvalue weighted by Gasteiger charge is -2.05. The average molecular weight is 396 g/mol. The Morgan fingerprint density at radius 1 is 1.08 bits per heavy atom. The fourth-order valence-electron chi connectivity index (χ4n) is 1.98. The molecule has 0 aliphatic heterocycles. The lowest BCUT2D eigenvalue weighted by molar-refractivity contribution is 0.0959. The van der Waals surface area contributed by atoms with Crippen molar-refractivity contribution in [3.05, 3.63) is 58.1 Å². The molecule has 2 N–H and O–H groups in total. The zero-order valence-corrected chi connectivity index (χ0v) is 13.4. The highest BCUT2D eigenvalue weighted by Crippen LogP contribution is 2.25. The van der Waals surface area contributed by atoms with Crippen LogP contribution in [-0.2, 0) is 0 Å². The van der Waals surface area contributed by atoms with Gasteiger partial charge in [-0.3, -0.25) is 15.4 Å². The number of rotatable bonds is 2. The predicted octanol–water partition coefficient (Wildman–Crippen LogP) is 3.83. The smallest absolute Gasteiger partial charge is 0.329 e. The van der Waals surface area contributed by atoms with Gasteiger partial charge >= 0.3 is 12.0 Å². The zero-order chi connectivity index (χ0) is 17.3. The minimum absolute atomic E-state index is 0.170. The van der Waals surface area contributed by atoms with Crippen molar-refractivity contribution in [1.29, 1.82) is 0 Å². The van der Waals surface area contributed by atoms with Crippen LogP contribution in [0.25, 0.3) is 11.1 Å². The molecule has 0 aliphatic rings. The first-order valence-electron chi connectivity index (χ1n) is 6.57. The predicted molar refractivity (Wildman–Crippen MR) is 84.6 cm³/mol. The number of aromatic nitrogens is 1. The van der Waals surface area contributed by atoms with Gasteiger partial charge < -0.3 is 4.42 Å². The van der Waals surface area contributed by atoms with Gasteiger partial charge in [-0.15, -0.1) is 0 Å². The van der Waals surface area contributed by atoms with Gasteiger partial charge in [-0.1, -0.05) is 12.1 Å². The van der Waals surface area contributed by atoms with Crippen LogP contribution in [0.3, 0.4) is 0 Å². The number of para-hydroxylation sites is 1. The number of hydrogen-bond acceptors (Lipinski definition) is 4. The number of nitrogens with zero attached hydrogens (tertiary/aromatic N) is 1. The highest BCUT2D eigenvalue weighted by Gasteiger charge is 2.20. The SMILES string of the molecule is O=C(NC(=O)c1c(F)cccc1F)Nc1nc2c(Br)cccc2o1. The number of carbonyl (C=O) groups is 2. The van der Waals surface area contributed by atoms with E-state index in [0.717, 1.165) is 18.2 Å². The largest absolute Gasteiger partial charge is 0.423 e. The zero-order valence-electron chi connectivity index (χ0n) is 11.8. The summed E-state index contributed by atoms with van der Waals surface area (Å²) in [6.45, 7) is 0. The molecule has 0 saturated heterocycles. The van der Waals surface area contributed by atoms with Crippen molar-refractivity contribution >= 4 is 45.0 Å². The Kier molecular flexibility index (Phi) is 4.26. The summed E-state index contributed by atoms with van der Waals surface area (Å²) in [5.74, 6) is -3.38. The molecule has 0 radical (unpaired) electrons. The normalized spacial score (nSPS) is 10.6. The van der Waals surface area contributed by atoms with Crippen molar-refractivity contribution in [1.82, 2.24) is 10.3 Å². The van der Waals surface area contributed by atoms with Crippen molar-refractivity contribution in [2.24, 2.45) is 0 Å². The number of urea groups is 1. The minimum Gasteiger partial charge on any atom is -0.423 e. The number of oxazole rings is 1. The second kappa shape index (κ2) is 6.36. The van der Waals surface area contributed by atoms with Crippen molar-refractivity contribution in [2.75, 3.05) is 5.32 Å². The fourth-order valence-corrected chi connectivity index (χ4v) is 2.41. The molecule has 0 fully saturated rings. The summed E-state index contributed by atoms with van der Waals surface area (Å²) in [5, 5.41) is 3.99. The van der Waals surface area contributed by atoms with Gasteiger partial charge in [0, 0.05) is 4.47 Å². The molecule has 0 bridgehead atoms. The Hall–Kier alpha value is -2.81. The summed E-state index contributed by atoms with van der Waals surface area (Å²) in [4.78, 5) is 27.6. The lowest BCUT2D eigenvalue weighted by Crippen LogP contribution is -2.35. The van der Waals surface area contributed by atoms with Gasteiger partial charge in [0.25, 0.3) is 5.91 Å². The van der Waals surface area contributed by atoms with E-state index in [1.807, 2.05) is 0 Å². The maximum atomic E-state index is 13.5. The third-order valence-corrected chi connectivity index (χ3v) is 3.65. The fraction of sp³-hybridized carbons (Fsp3) is 0. The van der Waals surface area contributed by atoms with Crippen LogP contribution in [0.4, 0.5) is 19.6 Å². The Morgan fingerprint density at radius 3 is 2.42 bits per heavy atom. The van der Waals surface area contributed by atoms with E-state index in [2.05, 4.69) is 26.2 Å². The van der Waals surface area contributed by atoms with Crippen molar-refractivity contribution in [3.63, 3.8) is 0 Å². The third kappa shape index (κ3) is 3.11. The second-order valence-electron chi connectivity index (χ2n) is 4.61. The van der Waals surface area contributed by atoms with Gasteiger partial charge in [-0.05, 0) is 40.2 Å². The number of hydrogen-bond donors (Lipinski definition) is 2. The quantitative estimate of drug-likeness (QED) is 0.690. The number of imide groups is 1. The van der Waals surface area contributed by atoms with Crippen LogP contribution in [0.5, 0.6) is 0 Å². The summed E-state index contributed by atoms with van der Waals surface area (Å²) in [6.07, 6.45) is 0. The highest BCUT2D eigenvalue weighted by atomic mass is 79.9. The number of anilines is 1. The Bertz CT molecular complexity index is 938. The number of amides is 3. The van der Waals surface area contributed by atoms with Crippen LogP contribution in [0.15, 0.2) is 45.3 Å². The number of benzene rings is 2. The Morgan fingerprint density at radius 2 is 1.75 bits per heavy atom. The van der Waals surface area contributed by atoms with Gasteiger partial charge in [-0.25, -0.2) is 13.6 Å². The topological polar surface area (TPSA) is 84.2 Å². The molecule has 0 aliphatic carbocycles. The molecule has 3 amide bonds. The maximum absolute atomic E-state index is 13.5. The molecule has 0 unspecified atom stereocenters. The van der Waals surface area contributed by atoms with E-state index in [-0.39, 0.29) is 6.01 Å². The average Bonchev–Trinajstić information content (AvgIpc) is 2.90. The molecule has 0 spiro atoms. The molecule has 0 atom stereocenters. The molecule has 3 aromatic rings. The molecule has 0 saturated carbocycles.